The molecule has 5 N–H and O–H groups in total. The topological polar surface area (TPSA) is 224 Å². The summed E-state index contributed by atoms with van der Waals surface area (Å²) in [5.74, 6) is -6.55. The highest BCUT2D eigenvalue weighted by Gasteiger charge is 2.32. The van der Waals surface area contributed by atoms with E-state index >= 15 is 0 Å². The molecule has 7 amide bonds. The second kappa shape index (κ2) is 14.6. The number of nitrogens with one attached hydrogen (secondary N) is 3. The number of alkyl carbamates (subject to hydrolysis) is 1. The third-order valence-corrected chi connectivity index (χ3v) is 5.07. The first-order valence-electron chi connectivity index (χ1n) is 11.8. The number of hydrazine groups is 1. The lowest BCUT2D eigenvalue weighted by atomic mass is 10.2. The molecule has 0 spiro atoms. The highest BCUT2D eigenvalue weighted by Crippen LogP contribution is 2.12. The van der Waals surface area contributed by atoms with Crippen LogP contribution in [0.15, 0.2) is 42.5 Å². The highest BCUT2D eigenvalue weighted by atomic mass is 16.7. The van der Waals surface area contributed by atoms with E-state index in [1.54, 1.807) is 30.3 Å². The summed E-state index contributed by atoms with van der Waals surface area (Å²) >= 11 is 0. The van der Waals surface area contributed by atoms with Crippen molar-refractivity contribution in [1.82, 2.24) is 26.1 Å². The van der Waals surface area contributed by atoms with E-state index in [4.69, 9.17) is 10.5 Å². The van der Waals surface area contributed by atoms with E-state index in [1.807, 2.05) is 0 Å². The van der Waals surface area contributed by atoms with Crippen molar-refractivity contribution in [3.8, 4) is 0 Å². The standard InChI is InChI=1S/C24H28N6O10/c1-14(27-24(38)39-13-16-6-4-3-5-7-16)22(36)26-15(2)23(37)28-29(12-17(25)31)18(32)10-11-21(35)40-30-19(33)8-9-20(30)34/h3-7,10-11,14-15H,8-9,12-13H2,1-2H3,(H2,25,31)(H,26,36)(H,27,38)(H,28,37)/t14-,15-/m0/s1. The fraction of sp³-hybridized carbons (Fsp3) is 0.333. The maximum atomic E-state index is 12.5. The SMILES string of the molecule is C[C@H](NC(=O)OCc1ccccc1)C(=O)N[C@@H](C)C(=O)NN(CC(N)=O)C(=O)C=CC(=O)ON1C(=O)CCC1=O. The van der Waals surface area contributed by atoms with Gasteiger partial charge in [-0.1, -0.05) is 30.3 Å². The van der Waals surface area contributed by atoms with E-state index in [2.05, 4.69) is 20.9 Å². The molecule has 0 radical (unpaired) electrons. The molecule has 1 aromatic carbocycles. The molecule has 0 aliphatic carbocycles. The molecule has 1 saturated heterocycles. The Kier molecular flexibility index (Phi) is 11.3. The van der Waals surface area contributed by atoms with E-state index in [0.717, 1.165) is 5.56 Å². The number of benzene rings is 1. The minimum absolute atomic E-state index is 0.0236. The largest absolute Gasteiger partial charge is 0.445 e. The van der Waals surface area contributed by atoms with Gasteiger partial charge in [-0.05, 0) is 19.4 Å². The van der Waals surface area contributed by atoms with E-state index in [0.29, 0.717) is 17.2 Å². The maximum Gasteiger partial charge on any atom is 0.408 e. The minimum atomic E-state index is -1.26. The lowest BCUT2D eigenvalue weighted by molar-refractivity contribution is -0.193. The Morgan fingerprint density at radius 2 is 1.55 bits per heavy atom. The summed E-state index contributed by atoms with van der Waals surface area (Å²) in [6, 6.07) is 6.46. The quantitative estimate of drug-likeness (QED) is 0.137. The second-order valence-corrected chi connectivity index (χ2v) is 8.35. The number of carbonyl (C=O) groups excluding carboxylic acids is 8. The zero-order valence-corrected chi connectivity index (χ0v) is 21.6. The first kappa shape index (κ1) is 30.9. The summed E-state index contributed by atoms with van der Waals surface area (Å²) in [5, 5.41) is 5.36. The van der Waals surface area contributed by atoms with Crippen molar-refractivity contribution >= 4 is 47.5 Å². The molecule has 0 bridgehead atoms. The Morgan fingerprint density at radius 1 is 0.950 bits per heavy atom. The Labute approximate surface area is 227 Å². The third-order valence-electron chi connectivity index (χ3n) is 5.07. The molecule has 1 fully saturated rings. The molecular weight excluding hydrogens is 532 g/mol. The van der Waals surface area contributed by atoms with Crippen LogP contribution in [-0.2, 0) is 49.7 Å². The van der Waals surface area contributed by atoms with Crippen molar-refractivity contribution in [1.29, 1.82) is 0 Å². The first-order chi connectivity index (χ1) is 18.9. The number of nitrogens with two attached hydrogens (primary N) is 1. The van der Waals surface area contributed by atoms with Crippen LogP contribution < -0.4 is 21.8 Å². The zero-order chi connectivity index (χ0) is 29.8. The molecule has 40 heavy (non-hydrogen) atoms. The average Bonchev–Trinajstić information content (AvgIpc) is 3.22. The van der Waals surface area contributed by atoms with Gasteiger partial charge >= 0.3 is 12.1 Å². The molecule has 1 aliphatic heterocycles. The summed E-state index contributed by atoms with van der Waals surface area (Å²) in [5.41, 5.74) is 7.92. The normalized spacial score (nSPS) is 14.2. The van der Waals surface area contributed by atoms with Gasteiger partial charge in [0, 0.05) is 25.0 Å². The van der Waals surface area contributed by atoms with Gasteiger partial charge in [0.1, 0.15) is 25.2 Å². The number of amides is 7. The van der Waals surface area contributed by atoms with Crippen molar-refractivity contribution < 1.29 is 47.9 Å². The number of rotatable bonds is 11. The maximum absolute atomic E-state index is 12.5. The number of primary amides is 1. The first-order valence-corrected chi connectivity index (χ1v) is 11.8. The van der Waals surface area contributed by atoms with E-state index in [1.165, 1.54) is 13.8 Å². The predicted octanol–water partition coefficient (Wildman–Crippen LogP) is -1.69. The molecule has 1 aromatic rings. The van der Waals surface area contributed by atoms with Gasteiger partial charge in [0.2, 0.25) is 11.8 Å². The molecule has 16 nitrogen and oxygen atoms in total. The minimum Gasteiger partial charge on any atom is -0.445 e. The second-order valence-electron chi connectivity index (χ2n) is 8.35. The molecule has 0 saturated carbocycles. The van der Waals surface area contributed by atoms with Crippen LogP contribution >= 0.6 is 0 Å². The van der Waals surface area contributed by atoms with Crippen LogP contribution in [0.3, 0.4) is 0 Å². The summed E-state index contributed by atoms with van der Waals surface area (Å²) < 4.78 is 5.03. The number of hydroxylamine groups is 2. The lowest BCUT2D eigenvalue weighted by Crippen LogP contribution is -2.56. The van der Waals surface area contributed by atoms with Crippen molar-refractivity contribution in [2.45, 2.75) is 45.4 Å². The van der Waals surface area contributed by atoms with Gasteiger partial charge < -0.3 is 25.9 Å². The van der Waals surface area contributed by atoms with E-state index < -0.39 is 66.1 Å². The molecular formula is C24H28N6O10. The molecule has 2 rings (SSSR count). The van der Waals surface area contributed by atoms with Gasteiger partial charge in [0.25, 0.3) is 23.6 Å². The smallest absolute Gasteiger partial charge is 0.408 e. The summed E-state index contributed by atoms with van der Waals surface area (Å²) in [6.45, 7) is 1.78. The fourth-order valence-electron chi connectivity index (χ4n) is 2.98. The molecule has 16 heteroatoms. The van der Waals surface area contributed by atoms with Gasteiger partial charge in [-0.3, -0.25) is 34.2 Å². The van der Waals surface area contributed by atoms with Crippen molar-refractivity contribution in [2.75, 3.05) is 6.54 Å². The van der Waals surface area contributed by atoms with Crippen LogP contribution in [0.25, 0.3) is 0 Å². The lowest BCUT2D eigenvalue weighted by Gasteiger charge is -2.24. The molecule has 1 aliphatic rings. The van der Waals surface area contributed by atoms with Crippen molar-refractivity contribution in [3.63, 3.8) is 0 Å². The van der Waals surface area contributed by atoms with Crippen LogP contribution in [-0.4, -0.2) is 76.2 Å². The fourth-order valence-corrected chi connectivity index (χ4v) is 2.98. The van der Waals surface area contributed by atoms with Gasteiger partial charge in [-0.25, -0.2) is 14.6 Å². The summed E-state index contributed by atoms with van der Waals surface area (Å²) in [7, 11) is 0. The number of hydrogen-bond acceptors (Lipinski definition) is 10. The molecule has 0 unspecified atom stereocenters. The third kappa shape index (κ3) is 9.88. The number of ether oxygens (including phenoxy) is 1. The van der Waals surface area contributed by atoms with Gasteiger partial charge in [-0.15, -0.1) is 5.06 Å². The van der Waals surface area contributed by atoms with E-state index in [9.17, 15) is 38.4 Å². The monoisotopic (exact) mass is 560 g/mol. The van der Waals surface area contributed by atoms with Crippen LogP contribution in [0.4, 0.5) is 4.79 Å². The summed E-state index contributed by atoms with van der Waals surface area (Å²) in [4.78, 5) is 100. The Hall–Kier alpha value is -5.28. The number of nitrogens with zero attached hydrogens (tertiary/aromatic N) is 2. The predicted molar refractivity (Wildman–Crippen MR) is 132 cm³/mol. The van der Waals surface area contributed by atoms with Crippen LogP contribution in [0.5, 0.6) is 0 Å². The Bertz CT molecular complexity index is 1190. The Balaban J connectivity index is 1.87. The number of imide groups is 1. The molecule has 1 heterocycles. The van der Waals surface area contributed by atoms with Gasteiger partial charge in [0.15, 0.2) is 0 Å². The van der Waals surface area contributed by atoms with Gasteiger partial charge in [0.05, 0.1) is 0 Å². The summed E-state index contributed by atoms with van der Waals surface area (Å²) in [6.07, 6.45) is 0.0408. The average molecular weight is 561 g/mol. The van der Waals surface area contributed by atoms with Crippen LogP contribution in [0, 0.1) is 0 Å². The number of carbonyl (C=O) groups is 8. The molecule has 214 valence electrons. The zero-order valence-electron chi connectivity index (χ0n) is 21.6. The van der Waals surface area contributed by atoms with Crippen LogP contribution in [0.2, 0.25) is 0 Å². The molecule has 0 aromatic heterocycles. The number of hydrogen-bond donors (Lipinski definition) is 4. The Morgan fingerprint density at radius 3 is 2.15 bits per heavy atom. The van der Waals surface area contributed by atoms with Gasteiger partial charge in [-0.2, -0.15) is 0 Å². The van der Waals surface area contributed by atoms with Crippen molar-refractivity contribution in [2.24, 2.45) is 5.73 Å². The highest BCUT2D eigenvalue weighted by molar-refractivity contribution is 6.03. The van der Waals surface area contributed by atoms with Crippen LogP contribution in [0.1, 0.15) is 32.3 Å². The molecule has 2 atom stereocenters. The van der Waals surface area contributed by atoms with Crippen molar-refractivity contribution in [3.05, 3.63) is 48.0 Å². The van der Waals surface area contributed by atoms with E-state index in [-0.39, 0.29) is 24.5 Å².